The molecule has 1 saturated heterocycles. The number of hydrogen-bond acceptors (Lipinski definition) is 7. The number of morpholine rings is 1. The van der Waals surface area contributed by atoms with Gasteiger partial charge in [0.2, 0.25) is 15.2 Å². The quantitative estimate of drug-likeness (QED) is 0.282. The maximum absolute atomic E-state index is 13.8. The van der Waals surface area contributed by atoms with E-state index in [0.29, 0.717) is 34.9 Å². The van der Waals surface area contributed by atoms with Gasteiger partial charge in [0.05, 0.1) is 28.7 Å². The molecule has 198 valence electrons. The predicted molar refractivity (Wildman–Crippen MR) is 147 cm³/mol. The number of anilines is 1. The third-order valence-electron chi connectivity index (χ3n) is 5.99. The van der Waals surface area contributed by atoms with E-state index in [9.17, 15) is 13.2 Å². The number of rotatable bonds is 10. The molecule has 0 atom stereocenters. The molecule has 37 heavy (non-hydrogen) atoms. The number of sulfonamides is 1. The molecule has 2 heterocycles. The number of amides is 1. The van der Waals surface area contributed by atoms with Gasteiger partial charge in [-0.2, -0.15) is 4.31 Å². The molecule has 0 unspecified atom stereocenters. The Balaban J connectivity index is 1.65. The lowest BCUT2D eigenvalue weighted by atomic mass is 10.1. The number of halogens is 2. The molecule has 0 bridgehead atoms. The van der Waals surface area contributed by atoms with Gasteiger partial charge in [0.25, 0.3) is 5.91 Å². The molecule has 0 saturated carbocycles. The molecule has 1 aliphatic rings. The van der Waals surface area contributed by atoms with Crippen LogP contribution in [0.5, 0.6) is 0 Å². The van der Waals surface area contributed by atoms with Gasteiger partial charge in [0.1, 0.15) is 5.01 Å². The van der Waals surface area contributed by atoms with Crippen molar-refractivity contribution in [1.29, 1.82) is 0 Å². The SMILES string of the molecule is CCCCCCN(C(=O)c1cc(S(=O)(=O)N2CCOCC2)ccc1Cl)c1nnc(-c2ccc(Cl)cc2)s1. The van der Waals surface area contributed by atoms with E-state index in [0.717, 1.165) is 31.2 Å². The summed E-state index contributed by atoms with van der Waals surface area (Å²) in [5.41, 5.74) is 0.943. The Bertz CT molecular complexity index is 1330. The minimum atomic E-state index is -3.80. The summed E-state index contributed by atoms with van der Waals surface area (Å²) in [5, 5.41) is 10.4. The molecule has 1 aromatic heterocycles. The largest absolute Gasteiger partial charge is 0.379 e. The molecule has 12 heteroatoms. The Morgan fingerprint density at radius 3 is 2.49 bits per heavy atom. The van der Waals surface area contributed by atoms with Crippen LogP contribution in [0.4, 0.5) is 5.13 Å². The van der Waals surface area contributed by atoms with Crippen molar-refractivity contribution in [2.24, 2.45) is 0 Å². The van der Waals surface area contributed by atoms with Crippen molar-refractivity contribution in [3.8, 4) is 10.6 Å². The molecule has 4 rings (SSSR count). The lowest BCUT2D eigenvalue weighted by molar-refractivity contribution is 0.0730. The zero-order chi connectivity index (χ0) is 26.4. The highest BCUT2D eigenvalue weighted by Crippen LogP contribution is 2.32. The molecule has 2 aromatic carbocycles. The zero-order valence-electron chi connectivity index (χ0n) is 20.4. The topological polar surface area (TPSA) is 92.7 Å². The van der Waals surface area contributed by atoms with Crippen molar-refractivity contribution in [3.05, 3.63) is 58.1 Å². The molecular weight excluding hydrogens is 555 g/mol. The van der Waals surface area contributed by atoms with Crippen LogP contribution in [0.3, 0.4) is 0 Å². The first kappa shape index (κ1) is 27.9. The van der Waals surface area contributed by atoms with Crippen molar-refractivity contribution in [1.82, 2.24) is 14.5 Å². The Kier molecular flexibility index (Phi) is 9.55. The summed E-state index contributed by atoms with van der Waals surface area (Å²) in [6, 6.07) is 11.5. The first-order valence-corrected chi connectivity index (χ1v) is 15.1. The first-order chi connectivity index (χ1) is 17.8. The number of carbonyl (C=O) groups excluding carboxylic acids is 1. The number of unbranched alkanes of at least 4 members (excludes halogenated alkanes) is 3. The summed E-state index contributed by atoms with van der Waals surface area (Å²) in [6.45, 7) is 3.71. The van der Waals surface area contributed by atoms with Crippen molar-refractivity contribution < 1.29 is 17.9 Å². The van der Waals surface area contributed by atoms with Gasteiger partial charge in [-0.25, -0.2) is 8.42 Å². The predicted octanol–water partition coefficient (Wildman–Crippen LogP) is 5.76. The van der Waals surface area contributed by atoms with Gasteiger partial charge in [-0.05, 0) is 36.8 Å². The van der Waals surface area contributed by atoms with E-state index in [-0.39, 0.29) is 28.6 Å². The van der Waals surface area contributed by atoms with E-state index in [4.69, 9.17) is 27.9 Å². The monoisotopic (exact) mass is 582 g/mol. The van der Waals surface area contributed by atoms with E-state index < -0.39 is 15.9 Å². The van der Waals surface area contributed by atoms with Crippen molar-refractivity contribution in [3.63, 3.8) is 0 Å². The van der Waals surface area contributed by atoms with Gasteiger partial charge >= 0.3 is 0 Å². The smallest absolute Gasteiger partial charge is 0.261 e. The van der Waals surface area contributed by atoms with Crippen LogP contribution in [-0.2, 0) is 14.8 Å². The molecule has 1 aliphatic heterocycles. The second-order valence-electron chi connectivity index (χ2n) is 8.57. The fourth-order valence-corrected chi connectivity index (χ4v) is 6.56. The van der Waals surface area contributed by atoms with Crippen LogP contribution in [0.2, 0.25) is 10.0 Å². The Labute approximate surface area is 231 Å². The minimum absolute atomic E-state index is 0.0206. The van der Waals surface area contributed by atoms with Crippen LogP contribution in [0.1, 0.15) is 43.0 Å². The van der Waals surface area contributed by atoms with E-state index in [1.54, 1.807) is 17.0 Å². The first-order valence-electron chi connectivity index (χ1n) is 12.1. The second-order valence-corrected chi connectivity index (χ2v) is 12.3. The number of ether oxygens (including phenoxy) is 1. The number of carbonyl (C=O) groups is 1. The molecule has 0 aliphatic carbocycles. The maximum atomic E-state index is 13.8. The summed E-state index contributed by atoms with van der Waals surface area (Å²) in [7, 11) is -3.80. The molecule has 0 N–H and O–H groups in total. The van der Waals surface area contributed by atoms with Gasteiger partial charge in [0.15, 0.2) is 0 Å². The lowest BCUT2D eigenvalue weighted by Gasteiger charge is -2.26. The van der Waals surface area contributed by atoms with E-state index >= 15 is 0 Å². The van der Waals surface area contributed by atoms with Gasteiger partial charge < -0.3 is 4.74 Å². The van der Waals surface area contributed by atoms with Crippen LogP contribution < -0.4 is 4.90 Å². The van der Waals surface area contributed by atoms with Crippen LogP contribution >= 0.6 is 34.5 Å². The maximum Gasteiger partial charge on any atom is 0.261 e. The van der Waals surface area contributed by atoms with E-state index in [1.165, 1.54) is 33.8 Å². The minimum Gasteiger partial charge on any atom is -0.379 e. The standard InChI is InChI=1S/C25H28Cl2N4O4S2/c1-2-3-4-5-12-31(25-29-28-23(36-25)18-6-8-19(26)9-7-18)24(32)21-17-20(10-11-22(21)27)37(33,34)30-13-15-35-16-14-30/h6-11,17H,2-5,12-16H2,1H3. The highest BCUT2D eigenvalue weighted by atomic mass is 35.5. The Hall–Kier alpha value is -2.08. The van der Waals surface area contributed by atoms with Gasteiger partial charge in [-0.1, -0.05) is 72.9 Å². The number of hydrogen-bond donors (Lipinski definition) is 0. The summed E-state index contributed by atoms with van der Waals surface area (Å²) in [5.74, 6) is -0.417. The zero-order valence-corrected chi connectivity index (χ0v) is 23.5. The Morgan fingerprint density at radius 2 is 1.78 bits per heavy atom. The Morgan fingerprint density at radius 1 is 1.05 bits per heavy atom. The lowest BCUT2D eigenvalue weighted by Crippen LogP contribution is -2.40. The van der Waals surface area contributed by atoms with Crippen LogP contribution in [0, 0.1) is 0 Å². The van der Waals surface area contributed by atoms with Crippen molar-refractivity contribution in [2.45, 2.75) is 37.5 Å². The second kappa shape index (κ2) is 12.6. The number of nitrogens with zero attached hydrogens (tertiary/aromatic N) is 4. The molecule has 0 radical (unpaired) electrons. The fourth-order valence-electron chi connectivity index (χ4n) is 3.92. The highest BCUT2D eigenvalue weighted by Gasteiger charge is 2.29. The fraction of sp³-hybridized carbons (Fsp3) is 0.400. The summed E-state index contributed by atoms with van der Waals surface area (Å²) >= 11 is 13.7. The van der Waals surface area contributed by atoms with E-state index in [2.05, 4.69) is 17.1 Å². The molecule has 0 spiro atoms. The summed E-state index contributed by atoms with van der Waals surface area (Å²) in [6.07, 6.45) is 3.81. The van der Waals surface area contributed by atoms with E-state index in [1.807, 2.05) is 12.1 Å². The summed E-state index contributed by atoms with van der Waals surface area (Å²) in [4.78, 5) is 15.4. The highest BCUT2D eigenvalue weighted by molar-refractivity contribution is 7.89. The van der Waals surface area contributed by atoms with Gasteiger partial charge in [-0.15, -0.1) is 10.2 Å². The average molecular weight is 584 g/mol. The molecular formula is C25H28Cl2N4O4S2. The molecule has 1 fully saturated rings. The average Bonchev–Trinajstić information content (AvgIpc) is 3.39. The van der Waals surface area contributed by atoms with Crippen molar-refractivity contribution >= 4 is 55.6 Å². The number of aromatic nitrogens is 2. The molecule has 8 nitrogen and oxygen atoms in total. The molecule has 3 aromatic rings. The van der Waals surface area contributed by atoms with Crippen LogP contribution in [0.25, 0.3) is 10.6 Å². The van der Waals surface area contributed by atoms with Crippen LogP contribution in [-0.4, -0.2) is 61.7 Å². The van der Waals surface area contributed by atoms with Crippen molar-refractivity contribution in [2.75, 3.05) is 37.7 Å². The molecule has 1 amide bonds. The van der Waals surface area contributed by atoms with Gasteiger partial charge in [-0.3, -0.25) is 9.69 Å². The third kappa shape index (κ3) is 6.68. The number of benzene rings is 2. The van der Waals surface area contributed by atoms with Crippen LogP contribution in [0.15, 0.2) is 47.4 Å². The third-order valence-corrected chi connectivity index (χ3v) is 9.46. The normalized spacial score (nSPS) is 14.6. The van der Waals surface area contributed by atoms with Gasteiger partial charge in [0, 0.05) is 30.2 Å². The summed E-state index contributed by atoms with van der Waals surface area (Å²) < 4.78 is 33.1.